The first-order chi connectivity index (χ1) is 12.3. The maximum absolute atomic E-state index is 12.7. The Morgan fingerprint density at radius 3 is 2.38 bits per heavy atom. The van der Waals surface area contributed by atoms with Gasteiger partial charge in [-0.05, 0) is 18.3 Å². The van der Waals surface area contributed by atoms with Gasteiger partial charge in [0, 0.05) is 40.8 Å². The van der Waals surface area contributed by atoms with E-state index in [1.807, 2.05) is 4.57 Å². The Kier molecular flexibility index (Phi) is 5.34. The maximum atomic E-state index is 12.7. The molecular formula is C18H29N5O3. The minimum atomic E-state index is -0.356. The van der Waals surface area contributed by atoms with Crippen LogP contribution in [-0.2, 0) is 31.9 Å². The zero-order valence-corrected chi connectivity index (χ0v) is 16.4. The molecule has 0 aliphatic carbocycles. The Labute approximate surface area is 153 Å². The predicted octanol–water partition coefficient (Wildman–Crippen LogP) is 0.558. The number of imidazole rings is 1. The summed E-state index contributed by atoms with van der Waals surface area (Å²) in [4.78, 5) is 32.1. The van der Waals surface area contributed by atoms with Gasteiger partial charge >= 0.3 is 5.69 Å². The molecule has 3 heterocycles. The molecule has 0 N–H and O–H groups in total. The first-order valence-corrected chi connectivity index (χ1v) is 9.19. The van der Waals surface area contributed by atoms with Crippen molar-refractivity contribution in [3.05, 3.63) is 26.7 Å². The van der Waals surface area contributed by atoms with E-state index in [0.717, 1.165) is 23.5 Å². The lowest BCUT2D eigenvalue weighted by atomic mass is 9.92. The van der Waals surface area contributed by atoms with Gasteiger partial charge in [0.1, 0.15) is 5.82 Å². The van der Waals surface area contributed by atoms with Gasteiger partial charge in [0.25, 0.3) is 5.56 Å². The predicted molar refractivity (Wildman–Crippen MR) is 100 cm³/mol. The van der Waals surface area contributed by atoms with Gasteiger partial charge in [-0.25, -0.2) is 9.78 Å². The fourth-order valence-corrected chi connectivity index (χ4v) is 4.16. The van der Waals surface area contributed by atoms with Crippen LogP contribution < -0.4 is 11.2 Å². The highest BCUT2D eigenvalue weighted by molar-refractivity contribution is 5.71. The molecule has 0 spiro atoms. The summed E-state index contributed by atoms with van der Waals surface area (Å²) in [5, 5.41) is 0. The Morgan fingerprint density at radius 1 is 1.12 bits per heavy atom. The van der Waals surface area contributed by atoms with Crippen molar-refractivity contribution in [2.24, 2.45) is 25.9 Å². The van der Waals surface area contributed by atoms with Crippen molar-refractivity contribution in [3.63, 3.8) is 0 Å². The SMILES string of the molecule is COCCn1c(CN2C[C@H](C)C[C@@H](C)C2)nc2c1c(=O)n(C)c(=O)n2C. The fourth-order valence-electron chi connectivity index (χ4n) is 4.16. The molecule has 8 heteroatoms. The van der Waals surface area contributed by atoms with Gasteiger partial charge in [-0.15, -0.1) is 0 Å². The topological polar surface area (TPSA) is 74.3 Å². The lowest BCUT2D eigenvalue weighted by Crippen LogP contribution is -2.39. The van der Waals surface area contributed by atoms with E-state index in [-0.39, 0.29) is 11.2 Å². The molecule has 3 rings (SSSR count). The number of likely N-dealkylation sites (tertiary alicyclic amines) is 1. The number of aromatic nitrogens is 4. The molecule has 144 valence electrons. The standard InChI is InChI=1S/C18H29N5O3/c1-12-8-13(2)10-22(9-12)11-14-19-16-15(23(14)6-7-26-5)17(24)21(4)18(25)20(16)3/h12-13H,6-11H2,1-5H3/t12-,13-/m1/s1. The molecule has 1 aliphatic heterocycles. The minimum Gasteiger partial charge on any atom is -0.383 e. The summed E-state index contributed by atoms with van der Waals surface area (Å²) in [5.74, 6) is 2.11. The highest BCUT2D eigenvalue weighted by Crippen LogP contribution is 2.23. The molecule has 26 heavy (non-hydrogen) atoms. The quantitative estimate of drug-likeness (QED) is 0.776. The number of hydrogen-bond acceptors (Lipinski definition) is 5. The highest BCUT2D eigenvalue weighted by Gasteiger charge is 2.25. The molecule has 1 saturated heterocycles. The molecule has 0 bridgehead atoms. The summed E-state index contributed by atoms with van der Waals surface area (Å²) in [5.41, 5.74) is 0.256. The van der Waals surface area contributed by atoms with Gasteiger partial charge < -0.3 is 9.30 Å². The van der Waals surface area contributed by atoms with Gasteiger partial charge in [0.15, 0.2) is 11.2 Å². The average molecular weight is 363 g/mol. The van der Waals surface area contributed by atoms with Gasteiger partial charge in [-0.2, -0.15) is 0 Å². The molecule has 0 unspecified atom stereocenters. The van der Waals surface area contributed by atoms with Gasteiger partial charge in [0.05, 0.1) is 13.2 Å². The van der Waals surface area contributed by atoms with Crippen LogP contribution in [-0.4, -0.2) is 50.4 Å². The summed E-state index contributed by atoms with van der Waals surface area (Å²) < 4.78 is 9.74. The van der Waals surface area contributed by atoms with Crippen molar-refractivity contribution in [1.29, 1.82) is 0 Å². The Bertz CT molecular complexity index is 900. The zero-order chi connectivity index (χ0) is 19.0. The molecule has 0 radical (unpaired) electrons. The van der Waals surface area contributed by atoms with Crippen LogP contribution in [0.3, 0.4) is 0 Å². The Morgan fingerprint density at radius 2 is 1.77 bits per heavy atom. The fraction of sp³-hybridized carbons (Fsp3) is 0.722. The Hall–Kier alpha value is -1.93. The lowest BCUT2D eigenvalue weighted by Gasteiger charge is -2.34. The van der Waals surface area contributed by atoms with Crippen molar-refractivity contribution < 1.29 is 4.74 Å². The van der Waals surface area contributed by atoms with Crippen LogP contribution in [0.15, 0.2) is 9.59 Å². The van der Waals surface area contributed by atoms with Gasteiger partial charge in [-0.1, -0.05) is 13.8 Å². The Balaban J connectivity index is 2.09. The van der Waals surface area contributed by atoms with Crippen LogP contribution in [0.5, 0.6) is 0 Å². The molecule has 2 aromatic rings. The van der Waals surface area contributed by atoms with E-state index in [1.54, 1.807) is 14.2 Å². The molecule has 0 aromatic carbocycles. The summed E-state index contributed by atoms with van der Waals surface area (Å²) in [7, 11) is 4.80. The minimum absolute atomic E-state index is 0.307. The molecule has 1 aliphatic rings. The number of nitrogens with zero attached hydrogens (tertiary/aromatic N) is 5. The molecule has 8 nitrogen and oxygen atoms in total. The van der Waals surface area contributed by atoms with E-state index in [0.29, 0.717) is 42.7 Å². The van der Waals surface area contributed by atoms with E-state index >= 15 is 0 Å². The smallest absolute Gasteiger partial charge is 0.332 e. The van der Waals surface area contributed by atoms with Crippen molar-refractivity contribution >= 4 is 11.2 Å². The average Bonchev–Trinajstić information content (AvgIpc) is 2.93. The number of methoxy groups -OCH3 is 1. The summed E-state index contributed by atoms with van der Waals surface area (Å²) in [6, 6.07) is 0. The molecule has 0 saturated carbocycles. The molecule has 2 atom stereocenters. The second-order valence-electron chi connectivity index (χ2n) is 7.69. The van der Waals surface area contributed by atoms with Crippen molar-refractivity contribution in [2.45, 2.75) is 33.4 Å². The number of aryl methyl sites for hydroxylation is 1. The number of hydrogen-bond donors (Lipinski definition) is 0. The first kappa shape index (κ1) is 18.8. The summed E-state index contributed by atoms with van der Waals surface area (Å²) in [6.45, 7) is 8.28. The van der Waals surface area contributed by atoms with Gasteiger partial charge in [-0.3, -0.25) is 18.8 Å². The molecule has 1 fully saturated rings. The second-order valence-corrected chi connectivity index (χ2v) is 7.69. The second kappa shape index (κ2) is 7.36. The third-order valence-corrected chi connectivity index (χ3v) is 5.26. The zero-order valence-electron chi connectivity index (χ0n) is 16.4. The first-order valence-electron chi connectivity index (χ1n) is 9.19. The van der Waals surface area contributed by atoms with E-state index < -0.39 is 0 Å². The van der Waals surface area contributed by atoms with Crippen LogP contribution in [0, 0.1) is 11.8 Å². The summed E-state index contributed by atoms with van der Waals surface area (Å²) >= 11 is 0. The van der Waals surface area contributed by atoms with Crippen molar-refractivity contribution in [1.82, 2.24) is 23.6 Å². The summed E-state index contributed by atoms with van der Waals surface area (Å²) in [6.07, 6.45) is 1.24. The van der Waals surface area contributed by atoms with Crippen LogP contribution in [0.4, 0.5) is 0 Å². The number of fused-ring (bicyclic) bond motifs is 1. The molecule has 0 amide bonds. The normalized spacial score (nSPS) is 21.6. The van der Waals surface area contributed by atoms with E-state index in [1.165, 1.54) is 18.0 Å². The number of ether oxygens (including phenoxy) is 1. The van der Waals surface area contributed by atoms with E-state index in [9.17, 15) is 9.59 Å². The number of rotatable bonds is 5. The monoisotopic (exact) mass is 363 g/mol. The van der Waals surface area contributed by atoms with Crippen LogP contribution in [0.2, 0.25) is 0 Å². The van der Waals surface area contributed by atoms with Crippen LogP contribution >= 0.6 is 0 Å². The van der Waals surface area contributed by atoms with E-state index in [4.69, 9.17) is 4.74 Å². The highest BCUT2D eigenvalue weighted by atomic mass is 16.5. The van der Waals surface area contributed by atoms with Gasteiger partial charge in [0.2, 0.25) is 0 Å². The van der Waals surface area contributed by atoms with E-state index in [2.05, 4.69) is 23.7 Å². The third-order valence-electron chi connectivity index (χ3n) is 5.26. The van der Waals surface area contributed by atoms with Crippen molar-refractivity contribution in [2.75, 3.05) is 26.8 Å². The third kappa shape index (κ3) is 3.35. The van der Waals surface area contributed by atoms with Crippen LogP contribution in [0.1, 0.15) is 26.1 Å². The lowest BCUT2D eigenvalue weighted by molar-refractivity contribution is 0.128. The molecule has 2 aromatic heterocycles. The number of piperidine rings is 1. The largest absolute Gasteiger partial charge is 0.383 e. The molecular weight excluding hydrogens is 334 g/mol. The van der Waals surface area contributed by atoms with Crippen molar-refractivity contribution in [3.8, 4) is 0 Å². The van der Waals surface area contributed by atoms with Crippen LogP contribution in [0.25, 0.3) is 11.2 Å². The maximum Gasteiger partial charge on any atom is 0.332 e.